The van der Waals surface area contributed by atoms with Crippen molar-refractivity contribution in [3.63, 3.8) is 0 Å². The van der Waals surface area contributed by atoms with Crippen LogP contribution in [0.4, 0.5) is 4.79 Å². The highest BCUT2D eigenvalue weighted by molar-refractivity contribution is 5.90. The van der Waals surface area contributed by atoms with Crippen molar-refractivity contribution < 1.29 is 33.8 Å². The topological polar surface area (TPSA) is 131 Å². The molecule has 0 aliphatic carbocycles. The molecule has 0 spiro atoms. The number of amides is 2. The average molecular weight is 417 g/mol. The fraction of sp³-hybridized carbons (Fsp3) is 0.800. The van der Waals surface area contributed by atoms with Crippen LogP contribution in [0.25, 0.3) is 0 Å². The van der Waals surface area contributed by atoms with Crippen molar-refractivity contribution in [3.8, 4) is 0 Å². The van der Waals surface area contributed by atoms with Crippen LogP contribution in [-0.4, -0.2) is 52.3 Å². The van der Waals surface area contributed by atoms with E-state index < -0.39 is 47.2 Å². The van der Waals surface area contributed by atoms with Gasteiger partial charge in [-0.15, -0.1) is 0 Å². The summed E-state index contributed by atoms with van der Waals surface area (Å²) in [5.41, 5.74) is -1.53. The van der Waals surface area contributed by atoms with Gasteiger partial charge in [0.05, 0.1) is 0 Å². The number of rotatable bonds is 9. The van der Waals surface area contributed by atoms with Crippen molar-refractivity contribution in [2.45, 2.75) is 97.9 Å². The Bertz CT molecular complexity index is 589. The number of carbonyl (C=O) groups excluding carboxylic acids is 3. The molecule has 0 unspecified atom stereocenters. The van der Waals surface area contributed by atoms with Crippen molar-refractivity contribution in [2.24, 2.45) is 5.92 Å². The maximum Gasteiger partial charge on any atom is 0.408 e. The third-order valence-electron chi connectivity index (χ3n) is 3.37. The van der Waals surface area contributed by atoms with Crippen LogP contribution < -0.4 is 10.6 Å². The molecule has 9 nitrogen and oxygen atoms in total. The van der Waals surface area contributed by atoms with Gasteiger partial charge in [-0.25, -0.2) is 9.59 Å². The summed E-state index contributed by atoms with van der Waals surface area (Å²) in [7, 11) is 0. The number of alkyl carbamates (subject to hydrolysis) is 1. The number of carboxylic acids is 1. The first-order valence-corrected chi connectivity index (χ1v) is 9.74. The van der Waals surface area contributed by atoms with Crippen LogP contribution >= 0.6 is 0 Å². The van der Waals surface area contributed by atoms with Crippen LogP contribution in [0.3, 0.4) is 0 Å². The van der Waals surface area contributed by atoms with Crippen LogP contribution in [0.2, 0.25) is 0 Å². The van der Waals surface area contributed by atoms with E-state index in [4.69, 9.17) is 14.6 Å². The van der Waals surface area contributed by atoms with Gasteiger partial charge in [-0.1, -0.05) is 13.8 Å². The maximum atomic E-state index is 12.8. The highest BCUT2D eigenvalue weighted by Crippen LogP contribution is 2.13. The molecule has 0 saturated carbocycles. The summed E-state index contributed by atoms with van der Waals surface area (Å²) in [5, 5.41) is 14.0. The molecule has 0 aromatic heterocycles. The molecule has 0 fully saturated rings. The Hall–Kier alpha value is -2.32. The number of hydrogen-bond acceptors (Lipinski definition) is 6. The van der Waals surface area contributed by atoms with Gasteiger partial charge >= 0.3 is 18.0 Å². The number of ether oxygens (including phenoxy) is 2. The molecule has 0 saturated heterocycles. The van der Waals surface area contributed by atoms with Gasteiger partial charge in [-0.3, -0.25) is 9.59 Å². The number of carboxylic acid groups (broad SMARTS) is 1. The SMILES string of the molecule is CC(C)C[C@@H](NC(=O)OC(C)(C)C)C(=O)N[C@@H](CCC(=O)O)C(=O)OC(C)(C)C. The summed E-state index contributed by atoms with van der Waals surface area (Å²) in [4.78, 5) is 48.2. The Morgan fingerprint density at radius 2 is 1.38 bits per heavy atom. The van der Waals surface area contributed by atoms with Crippen LogP contribution in [0.1, 0.15) is 74.7 Å². The van der Waals surface area contributed by atoms with E-state index in [0.717, 1.165) is 0 Å². The summed E-state index contributed by atoms with van der Waals surface area (Å²) in [6.45, 7) is 13.9. The van der Waals surface area contributed by atoms with E-state index in [-0.39, 0.29) is 18.8 Å². The molecule has 0 heterocycles. The van der Waals surface area contributed by atoms with Gasteiger partial charge in [0.15, 0.2) is 0 Å². The Kier molecular flexibility index (Phi) is 10.1. The van der Waals surface area contributed by atoms with Crippen LogP contribution in [0, 0.1) is 5.92 Å². The van der Waals surface area contributed by atoms with Crippen molar-refractivity contribution >= 4 is 23.9 Å². The molecule has 29 heavy (non-hydrogen) atoms. The van der Waals surface area contributed by atoms with E-state index in [1.807, 2.05) is 13.8 Å². The predicted molar refractivity (Wildman–Crippen MR) is 107 cm³/mol. The van der Waals surface area contributed by atoms with Gasteiger partial charge in [0.2, 0.25) is 5.91 Å². The Morgan fingerprint density at radius 1 is 0.862 bits per heavy atom. The molecule has 0 rings (SSSR count). The van der Waals surface area contributed by atoms with E-state index in [2.05, 4.69) is 10.6 Å². The van der Waals surface area contributed by atoms with Crippen molar-refractivity contribution in [3.05, 3.63) is 0 Å². The highest BCUT2D eigenvalue weighted by Gasteiger charge is 2.31. The molecule has 9 heteroatoms. The second-order valence-electron chi connectivity index (χ2n) is 9.36. The summed E-state index contributed by atoms with van der Waals surface area (Å²) < 4.78 is 10.5. The second kappa shape index (κ2) is 11.0. The monoisotopic (exact) mass is 416 g/mol. The molecular formula is C20H36N2O7. The molecule has 168 valence electrons. The number of aliphatic carboxylic acids is 1. The second-order valence-corrected chi connectivity index (χ2v) is 9.36. The zero-order valence-corrected chi connectivity index (χ0v) is 18.8. The standard InChI is InChI=1S/C20H36N2O7/c1-12(2)11-14(22-18(27)29-20(6,7)8)16(25)21-13(9-10-15(23)24)17(26)28-19(3,4)5/h12-14H,9-11H2,1-8H3,(H,21,25)(H,22,27)(H,23,24)/t13-,14+/m0/s1. The molecule has 0 aliphatic heterocycles. The predicted octanol–water partition coefficient (Wildman–Crippen LogP) is 2.62. The summed E-state index contributed by atoms with van der Waals surface area (Å²) in [6, 6.07) is -2.09. The smallest absolute Gasteiger partial charge is 0.408 e. The van der Waals surface area contributed by atoms with E-state index >= 15 is 0 Å². The zero-order chi connectivity index (χ0) is 23.0. The van der Waals surface area contributed by atoms with Gasteiger partial charge in [0, 0.05) is 6.42 Å². The molecule has 3 N–H and O–H groups in total. The summed E-state index contributed by atoms with van der Waals surface area (Å²) >= 11 is 0. The van der Waals surface area contributed by atoms with Crippen LogP contribution in [0.15, 0.2) is 0 Å². The Balaban J connectivity index is 5.33. The van der Waals surface area contributed by atoms with Crippen LogP contribution in [0.5, 0.6) is 0 Å². The van der Waals surface area contributed by atoms with Gasteiger partial charge < -0.3 is 25.2 Å². The zero-order valence-electron chi connectivity index (χ0n) is 18.8. The first kappa shape index (κ1) is 26.7. The minimum Gasteiger partial charge on any atom is -0.481 e. The van der Waals surface area contributed by atoms with E-state index in [9.17, 15) is 19.2 Å². The molecule has 2 atom stereocenters. The van der Waals surface area contributed by atoms with Crippen molar-refractivity contribution in [2.75, 3.05) is 0 Å². The highest BCUT2D eigenvalue weighted by atomic mass is 16.6. The molecule has 2 amide bonds. The number of esters is 1. The number of nitrogens with one attached hydrogen (secondary N) is 2. The van der Waals surface area contributed by atoms with Crippen molar-refractivity contribution in [1.29, 1.82) is 0 Å². The Morgan fingerprint density at radius 3 is 1.79 bits per heavy atom. The fourth-order valence-electron chi connectivity index (χ4n) is 2.31. The Labute approximate surface area is 172 Å². The maximum absolute atomic E-state index is 12.8. The molecule has 0 radical (unpaired) electrons. The van der Waals surface area contributed by atoms with Gasteiger partial charge in [0.1, 0.15) is 23.3 Å². The van der Waals surface area contributed by atoms with Gasteiger partial charge in [0.25, 0.3) is 0 Å². The largest absolute Gasteiger partial charge is 0.481 e. The van der Waals surface area contributed by atoms with Crippen molar-refractivity contribution in [1.82, 2.24) is 10.6 Å². The van der Waals surface area contributed by atoms with Crippen LogP contribution in [-0.2, 0) is 23.9 Å². The van der Waals surface area contributed by atoms with E-state index in [1.165, 1.54) is 0 Å². The first-order valence-electron chi connectivity index (χ1n) is 9.74. The first-order chi connectivity index (χ1) is 13.0. The average Bonchev–Trinajstić information content (AvgIpc) is 2.45. The summed E-state index contributed by atoms with van der Waals surface area (Å²) in [5.74, 6) is -2.36. The molecule has 0 aromatic carbocycles. The fourth-order valence-corrected chi connectivity index (χ4v) is 2.31. The third-order valence-corrected chi connectivity index (χ3v) is 3.37. The minimum absolute atomic E-state index is 0.0692. The normalized spacial score (nSPS) is 14.0. The lowest BCUT2D eigenvalue weighted by atomic mass is 10.0. The van der Waals surface area contributed by atoms with E-state index in [1.54, 1.807) is 41.5 Å². The molecular weight excluding hydrogens is 380 g/mol. The number of hydrogen-bond donors (Lipinski definition) is 3. The molecule has 0 aromatic rings. The molecule has 0 bridgehead atoms. The summed E-state index contributed by atoms with van der Waals surface area (Å²) in [6.07, 6.45) is -0.891. The van der Waals surface area contributed by atoms with Gasteiger partial charge in [-0.2, -0.15) is 0 Å². The lowest BCUT2D eigenvalue weighted by molar-refractivity contribution is -0.159. The third kappa shape index (κ3) is 13.5. The van der Waals surface area contributed by atoms with E-state index in [0.29, 0.717) is 6.42 Å². The van der Waals surface area contributed by atoms with Gasteiger partial charge in [-0.05, 0) is 60.3 Å². The minimum atomic E-state index is -1.15. The lowest BCUT2D eigenvalue weighted by Gasteiger charge is -2.27. The quantitative estimate of drug-likeness (QED) is 0.492. The molecule has 0 aliphatic rings. The lowest BCUT2D eigenvalue weighted by Crippen LogP contribution is -2.53. The number of carbonyl (C=O) groups is 4.